The van der Waals surface area contributed by atoms with E-state index in [-0.39, 0.29) is 29.0 Å². The van der Waals surface area contributed by atoms with Gasteiger partial charge in [0.1, 0.15) is 0 Å². The van der Waals surface area contributed by atoms with E-state index >= 15 is 0 Å². The fourth-order valence-corrected chi connectivity index (χ4v) is 4.26. The van der Waals surface area contributed by atoms with Crippen LogP contribution in [0.15, 0.2) is 46.0 Å². The highest BCUT2D eigenvalue weighted by Gasteiger charge is 2.19. The minimum absolute atomic E-state index is 0.0178. The van der Waals surface area contributed by atoms with Crippen LogP contribution in [-0.2, 0) is 14.8 Å². The van der Waals surface area contributed by atoms with Gasteiger partial charge in [0.25, 0.3) is 5.91 Å². The molecule has 8 nitrogen and oxygen atoms in total. The maximum atomic E-state index is 12.3. The molecule has 0 aliphatic rings. The molecule has 1 heterocycles. The van der Waals surface area contributed by atoms with E-state index in [4.69, 9.17) is 0 Å². The first-order valence-corrected chi connectivity index (χ1v) is 11.3. The molecule has 0 spiro atoms. The highest BCUT2D eigenvalue weighted by atomic mass is 32.2. The van der Waals surface area contributed by atoms with Crippen LogP contribution in [0.3, 0.4) is 0 Å². The largest absolute Gasteiger partial charge is 0.353 e. The highest BCUT2D eigenvalue weighted by Crippen LogP contribution is 2.20. The Morgan fingerprint density at radius 1 is 1.10 bits per heavy atom. The van der Waals surface area contributed by atoms with Crippen LogP contribution >= 0.6 is 11.3 Å². The summed E-state index contributed by atoms with van der Waals surface area (Å²) < 4.78 is 25.5. The van der Waals surface area contributed by atoms with Gasteiger partial charge in [-0.05, 0) is 54.7 Å². The predicted molar refractivity (Wildman–Crippen MR) is 113 cm³/mol. The molecule has 1 atom stereocenters. The summed E-state index contributed by atoms with van der Waals surface area (Å²) >= 11 is 1.59. The van der Waals surface area contributed by atoms with E-state index in [0.29, 0.717) is 6.54 Å². The van der Waals surface area contributed by atoms with Gasteiger partial charge >= 0.3 is 0 Å². The Morgan fingerprint density at radius 3 is 2.41 bits per heavy atom. The van der Waals surface area contributed by atoms with Crippen LogP contribution in [0, 0.1) is 0 Å². The van der Waals surface area contributed by atoms with E-state index in [2.05, 4.69) is 10.6 Å². The normalized spacial score (nSPS) is 12.8. The number of likely N-dealkylation sites (N-methyl/N-ethyl adjacent to an activating group) is 1. The van der Waals surface area contributed by atoms with E-state index in [1.54, 1.807) is 11.3 Å². The van der Waals surface area contributed by atoms with Gasteiger partial charge in [-0.3, -0.25) is 9.59 Å². The van der Waals surface area contributed by atoms with E-state index < -0.39 is 15.9 Å². The minimum atomic E-state index is -3.64. The summed E-state index contributed by atoms with van der Waals surface area (Å²) in [5.41, 5.74) is 1.29. The zero-order chi connectivity index (χ0) is 21.6. The summed E-state index contributed by atoms with van der Waals surface area (Å²) in [6.07, 6.45) is 0. The first kappa shape index (κ1) is 23.0. The van der Waals surface area contributed by atoms with Crippen molar-refractivity contribution in [1.29, 1.82) is 0 Å². The number of carbonyl (C=O) groups is 2. The average molecular weight is 439 g/mol. The molecule has 10 heteroatoms. The molecular weight excluding hydrogens is 412 g/mol. The second kappa shape index (κ2) is 9.97. The third-order valence-electron chi connectivity index (χ3n) is 4.33. The predicted octanol–water partition coefficient (Wildman–Crippen LogP) is 1.15. The van der Waals surface area contributed by atoms with Gasteiger partial charge in [0.05, 0.1) is 17.5 Å². The molecule has 0 aliphatic heterocycles. The molecule has 0 unspecified atom stereocenters. The van der Waals surface area contributed by atoms with Crippen molar-refractivity contribution in [2.45, 2.75) is 10.9 Å². The number of sulfonamides is 1. The molecule has 158 valence electrons. The molecule has 0 saturated heterocycles. The molecule has 0 bridgehead atoms. The second-order valence-electron chi connectivity index (χ2n) is 6.84. The molecule has 1 aromatic carbocycles. The Kier molecular flexibility index (Phi) is 7.91. The topological polar surface area (TPSA) is 98.8 Å². The van der Waals surface area contributed by atoms with Gasteiger partial charge in [-0.1, -0.05) is 6.07 Å². The SMILES string of the molecule is CN(C)[C@@H](CNC(=O)CNC(=O)c1cccc(S(=O)(=O)N(C)C)c1)c1ccsc1. The maximum Gasteiger partial charge on any atom is 0.251 e. The van der Waals surface area contributed by atoms with Crippen molar-refractivity contribution in [3.63, 3.8) is 0 Å². The number of rotatable bonds is 9. The van der Waals surface area contributed by atoms with Crippen LogP contribution < -0.4 is 10.6 Å². The van der Waals surface area contributed by atoms with Crippen molar-refractivity contribution in [2.75, 3.05) is 41.3 Å². The van der Waals surface area contributed by atoms with Crippen molar-refractivity contribution in [3.05, 3.63) is 52.2 Å². The number of hydrogen-bond donors (Lipinski definition) is 2. The van der Waals surface area contributed by atoms with E-state index in [0.717, 1.165) is 9.87 Å². The number of carbonyl (C=O) groups excluding carboxylic acids is 2. The zero-order valence-electron chi connectivity index (χ0n) is 16.9. The number of nitrogens with one attached hydrogen (secondary N) is 2. The first-order valence-electron chi connectivity index (χ1n) is 8.89. The summed E-state index contributed by atoms with van der Waals surface area (Å²) in [5.74, 6) is -0.838. The van der Waals surface area contributed by atoms with Gasteiger partial charge < -0.3 is 15.5 Å². The number of amides is 2. The Labute approximate surface area is 175 Å². The fraction of sp³-hybridized carbons (Fsp3) is 0.368. The van der Waals surface area contributed by atoms with Crippen LogP contribution in [0.2, 0.25) is 0 Å². The molecule has 0 fully saturated rings. The first-order chi connectivity index (χ1) is 13.6. The summed E-state index contributed by atoms with van der Waals surface area (Å²) in [5, 5.41) is 9.36. The molecular formula is C19H26N4O4S2. The van der Waals surface area contributed by atoms with Crippen molar-refractivity contribution in [1.82, 2.24) is 19.8 Å². The number of benzene rings is 1. The monoisotopic (exact) mass is 438 g/mol. The van der Waals surface area contributed by atoms with Gasteiger partial charge in [0.15, 0.2) is 0 Å². The lowest BCUT2D eigenvalue weighted by Crippen LogP contribution is -2.40. The Bertz CT molecular complexity index is 941. The van der Waals surface area contributed by atoms with Crippen LogP contribution in [-0.4, -0.2) is 70.7 Å². The summed E-state index contributed by atoms with van der Waals surface area (Å²) in [6, 6.07) is 7.76. The second-order valence-corrected chi connectivity index (χ2v) is 9.77. The van der Waals surface area contributed by atoms with Crippen molar-refractivity contribution in [3.8, 4) is 0 Å². The fourth-order valence-electron chi connectivity index (χ4n) is 2.61. The Hall–Kier alpha value is -2.27. The number of hydrogen-bond acceptors (Lipinski definition) is 6. The molecule has 2 rings (SSSR count). The van der Waals surface area contributed by atoms with E-state index in [1.165, 1.54) is 38.4 Å². The highest BCUT2D eigenvalue weighted by molar-refractivity contribution is 7.89. The summed E-state index contributed by atoms with van der Waals surface area (Å²) in [4.78, 5) is 26.5. The van der Waals surface area contributed by atoms with Gasteiger partial charge in [-0.25, -0.2) is 12.7 Å². The third-order valence-corrected chi connectivity index (χ3v) is 6.84. The van der Waals surface area contributed by atoms with Crippen molar-refractivity contribution in [2.24, 2.45) is 0 Å². The van der Waals surface area contributed by atoms with Crippen LogP contribution in [0.25, 0.3) is 0 Å². The van der Waals surface area contributed by atoms with Crippen molar-refractivity contribution >= 4 is 33.2 Å². The molecule has 2 N–H and O–H groups in total. The van der Waals surface area contributed by atoms with E-state index in [9.17, 15) is 18.0 Å². The molecule has 0 aliphatic carbocycles. The summed E-state index contributed by atoms with van der Waals surface area (Å²) in [7, 11) is 3.07. The standard InChI is InChI=1S/C19H26N4O4S2/c1-22(2)17(15-8-9-28-13-15)11-20-18(24)12-21-19(25)14-6-5-7-16(10-14)29(26,27)23(3)4/h5-10,13,17H,11-12H2,1-4H3,(H,20,24)(H,21,25)/t17-/m0/s1. The Morgan fingerprint density at radius 2 is 1.83 bits per heavy atom. The Balaban J connectivity index is 1.93. The average Bonchev–Trinajstić information content (AvgIpc) is 3.20. The molecule has 29 heavy (non-hydrogen) atoms. The quantitative estimate of drug-likeness (QED) is 0.612. The molecule has 2 amide bonds. The van der Waals surface area contributed by atoms with Crippen LogP contribution in [0.5, 0.6) is 0 Å². The molecule has 0 radical (unpaired) electrons. The maximum absolute atomic E-state index is 12.3. The number of nitrogens with zero attached hydrogens (tertiary/aromatic N) is 2. The molecule has 0 saturated carbocycles. The third kappa shape index (κ3) is 6.10. The lowest BCUT2D eigenvalue weighted by atomic mass is 10.1. The van der Waals surface area contributed by atoms with Crippen LogP contribution in [0.4, 0.5) is 0 Å². The lowest BCUT2D eigenvalue weighted by Gasteiger charge is -2.24. The zero-order valence-corrected chi connectivity index (χ0v) is 18.5. The minimum Gasteiger partial charge on any atom is -0.353 e. The molecule has 1 aromatic heterocycles. The van der Waals surface area contributed by atoms with Gasteiger partial charge in [0.2, 0.25) is 15.9 Å². The van der Waals surface area contributed by atoms with Gasteiger partial charge in [-0.15, -0.1) is 0 Å². The summed E-state index contributed by atoms with van der Waals surface area (Å²) in [6.45, 7) is 0.211. The molecule has 2 aromatic rings. The smallest absolute Gasteiger partial charge is 0.251 e. The van der Waals surface area contributed by atoms with Crippen LogP contribution in [0.1, 0.15) is 22.0 Å². The van der Waals surface area contributed by atoms with Crippen molar-refractivity contribution < 1.29 is 18.0 Å². The van der Waals surface area contributed by atoms with E-state index in [1.807, 2.05) is 35.8 Å². The number of thiophene rings is 1. The lowest BCUT2D eigenvalue weighted by molar-refractivity contribution is -0.120. The van der Waals surface area contributed by atoms with Gasteiger partial charge in [-0.2, -0.15) is 11.3 Å². The van der Waals surface area contributed by atoms with Gasteiger partial charge in [0, 0.05) is 26.2 Å².